The van der Waals surface area contributed by atoms with Crippen LogP contribution < -0.4 is 10.4 Å². The number of nitrogens with zero attached hydrogens (tertiary/aromatic N) is 1. The Balaban J connectivity index is 1.90. The van der Waals surface area contributed by atoms with E-state index in [-0.39, 0.29) is 28.2 Å². The summed E-state index contributed by atoms with van der Waals surface area (Å²) in [5, 5.41) is 11.1. The Morgan fingerprint density at radius 2 is 1.81 bits per heavy atom. The number of ether oxygens (including phenoxy) is 1. The molecule has 0 aliphatic carbocycles. The molecule has 0 unspecified atom stereocenters. The number of esters is 1. The van der Waals surface area contributed by atoms with Gasteiger partial charge >= 0.3 is 11.6 Å². The molecule has 1 aromatic heterocycles. The molecule has 0 spiro atoms. The normalized spacial score (nSPS) is 10.6. The molecule has 0 fully saturated rings. The van der Waals surface area contributed by atoms with Crippen molar-refractivity contribution in [2.75, 3.05) is 0 Å². The number of carbonyl (C=O) groups excluding carboxylic acids is 2. The van der Waals surface area contributed by atoms with E-state index in [1.54, 1.807) is 6.92 Å². The fourth-order valence-electron chi connectivity index (χ4n) is 2.44. The molecule has 2 aromatic carbocycles. The topological polar surface area (TPSA) is 117 Å². The second-order valence-corrected chi connectivity index (χ2v) is 5.62. The van der Waals surface area contributed by atoms with Crippen LogP contribution in [0.4, 0.5) is 5.69 Å². The van der Waals surface area contributed by atoms with Gasteiger partial charge in [-0.25, -0.2) is 9.59 Å². The first kappa shape index (κ1) is 18.0. The molecule has 0 atom stereocenters. The standard InChI is InChI=1S/C19H13NO7/c1-2-16(21)11-3-6-14(7-4-11)26-18(22)15-10-12-9-13(20(24)25)5-8-17(12)27-19(15)23/h3-10H,2H2,1H3. The molecule has 8 heteroatoms. The number of nitro benzene ring substituents is 1. The van der Waals surface area contributed by atoms with E-state index in [0.29, 0.717) is 12.0 Å². The largest absolute Gasteiger partial charge is 0.423 e. The summed E-state index contributed by atoms with van der Waals surface area (Å²) in [7, 11) is 0. The molecule has 0 radical (unpaired) electrons. The number of rotatable bonds is 5. The maximum Gasteiger partial charge on any atom is 0.351 e. The summed E-state index contributed by atoms with van der Waals surface area (Å²) in [6.45, 7) is 1.74. The smallest absolute Gasteiger partial charge is 0.351 e. The van der Waals surface area contributed by atoms with Crippen molar-refractivity contribution in [2.45, 2.75) is 13.3 Å². The van der Waals surface area contributed by atoms with Crippen molar-refractivity contribution in [3.8, 4) is 5.75 Å². The monoisotopic (exact) mass is 367 g/mol. The Labute approximate surface area is 152 Å². The molecule has 0 aliphatic heterocycles. The number of hydrogen-bond acceptors (Lipinski definition) is 7. The quantitative estimate of drug-likeness (QED) is 0.169. The Kier molecular flexibility index (Phi) is 4.80. The van der Waals surface area contributed by atoms with Gasteiger partial charge in [-0.05, 0) is 36.4 Å². The molecule has 3 aromatic rings. The summed E-state index contributed by atoms with van der Waals surface area (Å²) in [6, 6.07) is 10.8. The SMILES string of the molecule is CCC(=O)c1ccc(OC(=O)c2cc3cc([N+](=O)[O-])ccc3oc2=O)cc1. The minimum atomic E-state index is -0.966. The van der Waals surface area contributed by atoms with Gasteiger partial charge in [0.05, 0.1) is 4.92 Å². The van der Waals surface area contributed by atoms with Gasteiger partial charge in [0.25, 0.3) is 5.69 Å². The second kappa shape index (κ2) is 7.20. The lowest BCUT2D eigenvalue weighted by Crippen LogP contribution is -2.18. The summed E-state index contributed by atoms with van der Waals surface area (Å²) < 4.78 is 10.2. The Morgan fingerprint density at radius 1 is 1.11 bits per heavy atom. The lowest BCUT2D eigenvalue weighted by Gasteiger charge is -2.05. The van der Waals surface area contributed by atoms with Crippen LogP contribution in [-0.4, -0.2) is 16.7 Å². The van der Waals surface area contributed by atoms with Crippen molar-refractivity contribution in [1.29, 1.82) is 0 Å². The van der Waals surface area contributed by atoms with Crippen molar-refractivity contribution >= 4 is 28.4 Å². The zero-order chi connectivity index (χ0) is 19.6. The number of benzene rings is 2. The number of fused-ring (bicyclic) bond motifs is 1. The highest BCUT2D eigenvalue weighted by Crippen LogP contribution is 2.21. The molecule has 8 nitrogen and oxygen atoms in total. The molecule has 3 rings (SSSR count). The molecule has 0 bridgehead atoms. The molecule has 0 saturated carbocycles. The van der Waals surface area contributed by atoms with Crippen molar-refractivity contribution in [2.24, 2.45) is 0 Å². The van der Waals surface area contributed by atoms with Crippen LogP contribution in [0.15, 0.2) is 57.7 Å². The lowest BCUT2D eigenvalue weighted by atomic mass is 10.1. The van der Waals surface area contributed by atoms with E-state index in [9.17, 15) is 24.5 Å². The van der Waals surface area contributed by atoms with E-state index in [0.717, 1.165) is 0 Å². The number of carbonyl (C=O) groups is 2. The summed E-state index contributed by atoms with van der Waals surface area (Å²) >= 11 is 0. The molecule has 0 amide bonds. The van der Waals surface area contributed by atoms with Gasteiger partial charge in [0.2, 0.25) is 0 Å². The minimum Gasteiger partial charge on any atom is -0.423 e. The van der Waals surface area contributed by atoms with E-state index < -0.39 is 22.1 Å². The molecular weight excluding hydrogens is 354 g/mol. The molecule has 1 heterocycles. The van der Waals surface area contributed by atoms with E-state index in [4.69, 9.17) is 9.15 Å². The number of non-ortho nitro benzene ring substituents is 1. The van der Waals surface area contributed by atoms with Gasteiger partial charge in [0.15, 0.2) is 5.78 Å². The van der Waals surface area contributed by atoms with Gasteiger partial charge in [0, 0.05) is 29.5 Å². The van der Waals surface area contributed by atoms with Gasteiger partial charge in [-0.1, -0.05) is 6.92 Å². The Morgan fingerprint density at radius 3 is 2.44 bits per heavy atom. The minimum absolute atomic E-state index is 0.0513. The molecule has 0 aliphatic rings. The van der Waals surface area contributed by atoms with Crippen molar-refractivity contribution in [3.05, 3.63) is 80.2 Å². The fraction of sp³-hybridized carbons (Fsp3) is 0.105. The van der Waals surface area contributed by atoms with Gasteiger partial charge in [0.1, 0.15) is 16.9 Å². The van der Waals surface area contributed by atoms with Crippen molar-refractivity contribution in [1.82, 2.24) is 0 Å². The summed E-state index contributed by atoms with van der Waals surface area (Å²) in [5.41, 5.74) is -0.915. The van der Waals surface area contributed by atoms with E-state index in [1.807, 2.05) is 0 Å². The van der Waals surface area contributed by atoms with E-state index >= 15 is 0 Å². The van der Waals surface area contributed by atoms with Crippen molar-refractivity contribution < 1.29 is 23.7 Å². The first-order chi connectivity index (χ1) is 12.9. The third-order valence-electron chi connectivity index (χ3n) is 3.85. The average molecular weight is 367 g/mol. The second-order valence-electron chi connectivity index (χ2n) is 5.62. The van der Waals surface area contributed by atoms with Gasteiger partial charge in [-0.15, -0.1) is 0 Å². The van der Waals surface area contributed by atoms with E-state index in [1.165, 1.54) is 48.5 Å². The van der Waals surface area contributed by atoms with Crippen LogP contribution in [0.1, 0.15) is 34.1 Å². The van der Waals surface area contributed by atoms with Crippen molar-refractivity contribution in [3.63, 3.8) is 0 Å². The third-order valence-corrected chi connectivity index (χ3v) is 3.85. The number of Topliss-reactive ketones (excluding diaryl/α,β-unsaturated/α-hetero) is 1. The zero-order valence-electron chi connectivity index (χ0n) is 14.1. The first-order valence-electron chi connectivity index (χ1n) is 7.97. The zero-order valence-corrected chi connectivity index (χ0v) is 14.1. The summed E-state index contributed by atoms with van der Waals surface area (Å²) in [4.78, 5) is 46.2. The van der Waals surface area contributed by atoms with Gasteiger partial charge in [-0.2, -0.15) is 0 Å². The molecule has 0 saturated heterocycles. The predicted octanol–water partition coefficient (Wildman–Crippen LogP) is 3.51. The summed E-state index contributed by atoms with van der Waals surface area (Å²) in [6.07, 6.45) is 0.351. The third kappa shape index (κ3) is 3.74. The average Bonchev–Trinajstić information content (AvgIpc) is 2.66. The number of ketones is 1. The maximum absolute atomic E-state index is 12.3. The summed E-state index contributed by atoms with van der Waals surface area (Å²) in [5.74, 6) is -0.873. The van der Waals surface area contributed by atoms with Gasteiger partial charge < -0.3 is 9.15 Å². The first-order valence-corrected chi connectivity index (χ1v) is 7.97. The van der Waals surface area contributed by atoms with Crippen LogP contribution >= 0.6 is 0 Å². The van der Waals surface area contributed by atoms with Crippen LogP contribution in [0.25, 0.3) is 11.0 Å². The predicted molar refractivity (Wildman–Crippen MR) is 95.2 cm³/mol. The highest BCUT2D eigenvalue weighted by molar-refractivity contribution is 5.96. The maximum atomic E-state index is 12.3. The Hall–Kier alpha value is -3.81. The van der Waals surface area contributed by atoms with Crippen LogP contribution in [0.2, 0.25) is 0 Å². The van der Waals surface area contributed by atoms with Crippen LogP contribution in [0.5, 0.6) is 5.75 Å². The number of hydrogen-bond donors (Lipinski definition) is 0. The van der Waals surface area contributed by atoms with Crippen LogP contribution in [0, 0.1) is 10.1 Å². The number of nitro groups is 1. The van der Waals surface area contributed by atoms with Gasteiger partial charge in [-0.3, -0.25) is 14.9 Å². The highest BCUT2D eigenvalue weighted by atomic mass is 16.6. The Bertz CT molecular complexity index is 1110. The van der Waals surface area contributed by atoms with Crippen LogP contribution in [0.3, 0.4) is 0 Å². The molecule has 136 valence electrons. The molecular formula is C19H13NO7. The molecule has 27 heavy (non-hydrogen) atoms. The van der Waals surface area contributed by atoms with Crippen LogP contribution in [-0.2, 0) is 0 Å². The van der Waals surface area contributed by atoms with E-state index in [2.05, 4.69) is 0 Å². The fourth-order valence-corrected chi connectivity index (χ4v) is 2.44. The lowest BCUT2D eigenvalue weighted by molar-refractivity contribution is -0.384. The molecule has 0 N–H and O–H groups in total. The highest BCUT2D eigenvalue weighted by Gasteiger charge is 2.18.